The van der Waals surface area contributed by atoms with Crippen LogP contribution in [0.15, 0.2) is 24.3 Å². The number of hydrogen-bond donors (Lipinski definition) is 1. The summed E-state index contributed by atoms with van der Waals surface area (Å²) in [5, 5.41) is 10.9. The molecule has 0 aromatic heterocycles. The number of carbonyl (C=O) groups is 1. The minimum absolute atomic E-state index is 0.492. The fraction of sp³-hybridized carbons (Fsp3) is 0.273. The van der Waals surface area contributed by atoms with Crippen LogP contribution in [0.2, 0.25) is 0 Å². The van der Waals surface area contributed by atoms with Crippen LogP contribution in [-0.4, -0.2) is 13.0 Å². The minimum atomic E-state index is 0.492. The Morgan fingerprint density at radius 2 is 2.40 bits per heavy atom. The Balaban J connectivity index is 2.43. The zero-order valence-electron chi connectivity index (χ0n) is 8.27. The Labute approximate surface area is 88.5 Å². The molecule has 0 radical (unpaired) electrons. The summed E-state index contributed by atoms with van der Waals surface area (Å²) in [5.74, 6) is 0.694. The first kappa shape index (κ1) is 11.1. The van der Waals surface area contributed by atoms with Gasteiger partial charge in [0.2, 0.25) is 6.41 Å². The molecule has 0 aliphatic heterocycles. The second-order valence-electron chi connectivity index (χ2n) is 2.90. The van der Waals surface area contributed by atoms with E-state index >= 15 is 0 Å². The quantitative estimate of drug-likeness (QED) is 0.569. The van der Waals surface area contributed by atoms with Crippen LogP contribution in [0, 0.1) is 11.3 Å². The van der Waals surface area contributed by atoms with Crippen LogP contribution in [0.25, 0.3) is 0 Å². The van der Waals surface area contributed by atoms with Gasteiger partial charge in [0.05, 0.1) is 12.7 Å². The topological polar surface area (TPSA) is 62.1 Å². The number of rotatable bonds is 6. The van der Waals surface area contributed by atoms with Gasteiger partial charge in [0, 0.05) is 18.2 Å². The summed E-state index contributed by atoms with van der Waals surface area (Å²) in [4.78, 5) is 10.2. The van der Waals surface area contributed by atoms with Crippen molar-refractivity contribution in [2.24, 2.45) is 0 Å². The number of nitriles is 1. The standard InChI is InChI=1S/C11H12N2O2/c12-6-1-2-7-15-11-5-3-4-10(8-11)13-9-14/h3-5,8-9H,1-2,7H2,(H,13,14). The highest BCUT2D eigenvalue weighted by Gasteiger charge is 1.95. The van der Waals surface area contributed by atoms with Crippen molar-refractivity contribution in [3.05, 3.63) is 24.3 Å². The molecular formula is C11H12N2O2. The van der Waals surface area contributed by atoms with Crippen LogP contribution in [0.1, 0.15) is 12.8 Å². The number of ether oxygens (including phenoxy) is 1. The predicted octanol–water partition coefficient (Wildman–Crippen LogP) is 1.94. The molecule has 1 aromatic carbocycles. The average molecular weight is 204 g/mol. The van der Waals surface area contributed by atoms with E-state index in [2.05, 4.69) is 5.32 Å². The van der Waals surface area contributed by atoms with E-state index in [9.17, 15) is 4.79 Å². The van der Waals surface area contributed by atoms with Crippen molar-refractivity contribution in [3.63, 3.8) is 0 Å². The summed E-state index contributed by atoms with van der Waals surface area (Å²) < 4.78 is 5.39. The number of amides is 1. The summed E-state index contributed by atoms with van der Waals surface area (Å²) in [6, 6.07) is 9.16. The first-order valence-corrected chi connectivity index (χ1v) is 4.67. The smallest absolute Gasteiger partial charge is 0.211 e. The van der Waals surface area contributed by atoms with E-state index in [0.29, 0.717) is 37.3 Å². The van der Waals surface area contributed by atoms with Gasteiger partial charge in [-0.05, 0) is 18.6 Å². The van der Waals surface area contributed by atoms with E-state index in [1.54, 1.807) is 18.2 Å². The highest BCUT2D eigenvalue weighted by Crippen LogP contribution is 2.16. The molecule has 0 aliphatic carbocycles. The highest BCUT2D eigenvalue weighted by molar-refractivity contribution is 5.71. The lowest BCUT2D eigenvalue weighted by Gasteiger charge is -2.06. The molecule has 0 unspecified atom stereocenters. The molecule has 0 atom stereocenters. The van der Waals surface area contributed by atoms with Crippen LogP contribution in [0.3, 0.4) is 0 Å². The number of carbonyl (C=O) groups excluding carboxylic acids is 1. The number of benzene rings is 1. The maximum absolute atomic E-state index is 10.2. The van der Waals surface area contributed by atoms with Crippen molar-refractivity contribution < 1.29 is 9.53 Å². The number of nitrogens with one attached hydrogen (secondary N) is 1. The third-order valence-electron chi connectivity index (χ3n) is 1.76. The molecular weight excluding hydrogens is 192 g/mol. The zero-order valence-corrected chi connectivity index (χ0v) is 8.27. The van der Waals surface area contributed by atoms with Gasteiger partial charge in [-0.25, -0.2) is 0 Å². The van der Waals surface area contributed by atoms with Gasteiger partial charge < -0.3 is 10.1 Å². The third-order valence-corrected chi connectivity index (χ3v) is 1.76. The van der Waals surface area contributed by atoms with Crippen LogP contribution in [0.4, 0.5) is 5.69 Å². The zero-order chi connectivity index (χ0) is 10.9. The monoisotopic (exact) mass is 204 g/mol. The minimum Gasteiger partial charge on any atom is -0.493 e. The molecule has 0 aliphatic rings. The van der Waals surface area contributed by atoms with Crippen LogP contribution in [0.5, 0.6) is 5.75 Å². The van der Waals surface area contributed by atoms with Gasteiger partial charge in [0.1, 0.15) is 5.75 Å². The molecule has 1 aromatic rings. The number of anilines is 1. The number of nitrogens with zero attached hydrogens (tertiary/aromatic N) is 1. The largest absolute Gasteiger partial charge is 0.493 e. The molecule has 0 spiro atoms. The summed E-state index contributed by atoms with van der Waals surface area (Å²) in [6.45, 7) is 0.512. The molecule has 1 N–H and O–H groups in total. The molecule has 0 fully saturated rings. The van der Waals surface area contributed by atoms with Crippen molar-refractivity contribution >= 4 is 12.1 Å². The SMILES string of the molecule is N#CCCCOc1cccc(NC=O)c1. The van der Waals surface area contributed by atoms with Gasteiger partial charge in [0.25, 0.3) is 0 Å². The molecule has 4 nitrogen and oxygen atoms in total. The van der Waals surface area contributed by atoms with Crippen molar-refractivity contribution in [2.75, 3.05) is 11.9 Å². The van der Waals surface area contributed by atoms with Crippen molar-refractivity contribution in [2.45, 2.75) is 12.8 Å². The Kier molecular flexibility index (Phi) is 4.74. The Morgan fingerprint density at radius 1 is 1.53 bits per heavy atom. The van der Waals surface area contributed by atoms with Crippen LogP contribution in [-0.2, 0) is 4.79 Å². The van der Waals surface area contributed by atoms with Gasteiger partial charge in [0.15, 0.2) is 0 Å². The van der Waals surface area contributed by atoms with Crippen molar-refractivity contribution in [1.82, 2.24) is 0 Å². The van der Waals surface area contributed by atoms with E-state index in [0.717, 1.165) is 0 Å². The van der Waals surface area contributed by atoms with Gasteiger partial charge >= 0.3 is 0 Å². The summed E-state index contributed by atoms with van der Waals surface area (Å²) in [6.07, 6.45) is 1.82. The lowest BCUT2D eigenvalue weighted by atomic mass is 10.3. The first-order chi connectivity index (χ1) is 7.36. The molecule has 0 saturated carbocycles. The van der Waals surface area contributed by atoms with Gasteiger partial charge in [-0.2, -0.15) is 5.26 Å². The Bertz CT molecular complexity index is 358. The summed E-state index contributed by atoms with van der Waals surface area (Å²) in [7, 11) is 0. The van der Waals surface area contributed by atoms with E-state index < -0.39 is 0 Å². The van der Waals surface area contributed by atoms with E-state index in [1.165, 1.54) is 0 Å². The second-order valence-corrected chi connectivity index (χ2v) is 2.90. The molecule has 0 saturated heterocycles. The van der Waals surface area contributed by atoms with Crippen molar-refractivity contribution in [3.8, 4) is 11.8 Å². The summed E-state index contributed by atoms with van der Waals surface area (Å²) >= 11 is 0. The fourth-order valence-electron chi connectivity index (χ4n) is 1.08. The molecule has 15 heavy (non-hydrogen) atoms. The first-order valence-electron chi connectivity index (χ1n) is 4.67. The van der Waals surface area contributed by atoms with Crippen LogP contribution < -0.4 is 10.1 Å². The van der Waals surface area contributed by atoms with E-state index in [1.807, 2.05) is 12.1 Å². The maximum Gasteiger partial charge on any atom is 0.211 e. The van der Waals surface area contributed by atoms with Crippen molar-refractivity contribution in [1.29, 1.82) is 5.26 Å². The lowest BCUT2D eigenvalue weighted by Crippen LogP contribution is -1.98. The average Bonchev–Trinajstić information content (AvgIpc) is 2.26. The van der Waals surface area contributed by atoms with Crippen LogP contribution >= 0.6 is 0 Å². The molecule has 1 amide bonds. The van der Waals surface area contributed by atoms with Gasteiger partial charge in [-0.15, -0.1) is 0 Å². The van der Waals surface area contributed by atoms with Gasteiger partial charge in [-0.3, -0.25) is 4.79 Å². The highest BCUT2D eigenvalue weighted by atomic mass is 16.5. The second kappa shape index (κ2) is 6.44. The van der Waals surface area contributed by atoms with Gasteiger partial charge in [-0.1, -0.05) is 6.07 Å². The summed E-state index contributed by atoms with van der Waals surface area (Å²) in [5.41, 5.74) is 0.697. The molecule has 4 heteroatoms. The maximum atomic E-state index is 10.2. The molecule has 0 heterocycles. The Hall–Kier alpha value is -2.02. The number of unbranched alkanes of at least 4 members (excludes halogenated alkanes) is 1. The fourth-order valence-corrected chi connectivity index (χ4v) is 1.08. The van der Waals surface area contributed by atoms with E-state index in [4.69, 9.17) is 10.00 Å². The molecule has 0 bridgehead atoms. The number of hydrogen-bond acceptors (Lipinski definition) is 3. The normalized spacial score (nSPS) is 9.00. The van der Waals surface area contributed by atoms with E-state index in [-0.39, 0.29) is 0 Å². The molecule has 78 valence electrons. The third kappa shape index (κ3) is 4.14. The Morgan fingerprint density at radius 3 is 3.13 bits per heavy atom. The predicted molar refractivity (Wildman–Crippen MR) is 56.5 cm³/mol. The lowest BCUT2D eigenvalue weighted by molar-refractivity contribution is -0.105. The molecule has 1 rings (SSSR count).